The van der Waals surface area contributed by atoms with Gasteiger partial charge in [-0.25, -0.2) is 0 Å². The molecule has 0 aliphatic heterocycles. The second kappa shape index (κ2) is 3.48. The van der Waals surface area contributed by atoms with Gasteiger partial charge in [-0.1, -0.05) is 59.7 Å². The molecule has 0 nitrogen and oxygen atoms in total. The molecule has 2 aliphatic rings. The fraction of sp³-hybridized carbons (Fsp3) is 0.250. The Labute approximate surface area is 96.3 Å². The van der Waals surface area contributed by atoms with Gasteiger partial charge in [0.15, 0.2) is 0 Å². The Bertz CT molecular complexity index is 544. The lowest BCUT2D eigenvalue weighted by Gasteiger charge is -2.29. The molecule has 0 bridgehead atoms. The average Bonchev–Trinajstić information content (AvgIpc) is 2.36. The summed E-state index contributed by atoms with van der Waals surface area (Å²) in [5.41, 5.74) is 3.01. The van der Waals surface area contributed by atoms with Crippen LogP contribution in [0.15, 0.2) is 48.6 Å². The van der Waals surface area contributed by atoms with Gasteiger partial charge in [0.05, 0.1) is 0 Å². The standard InChI is InChI=1S/C16H16/c1-11-13-7-3-5-9-15(13)12(2)16-10-6-4-8-14(11)16/h3-10,13,15H,1-2H3. The molecule has 2 unspecified atom stereocenters. The van der Waals surface area contributed by atoms with Crippen molar-refractivity contribution >= 4 is 11.1 Å². The Morgan fingerprint density at radius 1 is 0.750 bits per heavy atom. The SMILES string of the molecule is CC1=c2ccccc2=C(C)C2C=CC=CC12. The highest BCUT2D eigenvalue weighted by Gasteiger charge is 2.25. The highest BCUT2D eigenvalue weighted by molar-refractivity contribution is 5.64. The van der Waals surface area contributed by atoms with E-state index in [1.165, 1.54) is 21.6 Å². The molecule has 2 atom stereocenters. The van der Waals surface area contributed by atoms with Crippen molar-refractivity contribution in [3.63, 3.8) is 0 Å². The Hall–Kier alpha value is -1.56. The first-order valence-corrected chi connectivity index (χ1v) is 5.90. The first-order valence-electron chi connectivity index (χ1n) is 5.90. The second-order valence-electron chi connectivity index (χ2n) is 4.73. The smallest absolute Gasteiger partial charge is 0.00869 e. The minimum atomic E-state index is 0.569. The summed E-state index contributed by atoms with van der Waals surface area (Å²) in [4.78, 5) is 0. The van der Waals surface area contributed by atoms with Gasteiger partial charge in [-0.2, -0.15) is 0 Å². The molecule has 0 amide bonds. The number of hydrogen-bond donors (Lipinski definition) is 0. The van der Waals surface area contributed by atoms with Gasteiger partial charge in [-0.15, -0.1) is 0 Å². The summed E-state index contributed by atoms with van der Waals surface area (Å²) in [5, 5.41) is 2.86. The highest BCUT2D eigenvalue weighted by atomic mass is 14.3. The predicted molar refractivity (Wildman–Crippen MR) is 69.1 cm³/mol. The molecule has 0 saturated heterocycles. The van der Waals surface area contributed by atoms with Gasteiger partial charge < -0.3 is 0 Å². The zero-order valence-electron chi connectivity index (χ0n) is 9.77. The van der Waals surface area contributed by atoms with Crippen LogP contribution in [0.25, 0.3) is 11.1 Å². The maximum atomic E-state index is 2.33. The minimum absolute atomic E-state index is 0.569. The minimum Gasteiger partial charge on any atom is -0.0764 e. The van der Waals surface area contributed by atoms with Crippen LogP contribution in [0.5, 0.6) is 0 Å². The van der Waals surface area contributed by atoms with Gasteiger partial charge in [0.2, 0.25) is 0 Å². The number of allylic oxidation sites excluding steroid dienone is 4. The predicted octanol–water partition coefficient (Wildman–Crippen LogP) is 2.40. The summed E-state index contributed by atoms with van der Waals surface area (Å²) >= 11 is 0. The van der Waals surface area contributed by atoms with E-state index in [0.717, 1.165) is 0 Å². The van der Waals surface area contributed by atoms with Gasteiger partial charge in [0, 0.05) is 11.8 Å². The lowest BCUT2D eigenvalue weighted by molar-refractivity contribution is 0.676. The molecule has 2 aliphatic carbocycles. The van der Waals surface area contributed by atoms with Crippen LogP contribution in [0.2, 0.25) is 0 Å². The largest absolute Gasteiger partial charge is 0.0764 e. The first-order chi connectivity index (χ1) is 7.79. The molecule has 0 saturated carbocycles. The third-order valence-electron chi connectivity index (χ3n) is 3.91. The van der Waals surface area contributed by atoms with Crippen molar-refractivity contribution in [1.29, 1.82) is 0 Å². The molecule has 0 radical (unpaired) electrons. The molecular formula is C16H16. The zero-order chi connectivity index (χ0) is 11.1. The van der Waals surface area contributed by atoms with Crippen LogP contribution in [-0.4, -0.2) is 0 Å². The maximum absolute atomic E-state index is 2.33. The van der Waals surface area contributed by atoms with Crippen LogP contribution >= 0.6 is 0 Å². The van der Waals surface area contributed by atoms with E-state index < -0.39 is 0 Å². The number of rotatable bonds is 0. The Kier molecular flexibility index (Phi) is 2.10. The summed E-state index contributed by atoms with van der Waals surface area (Å²) in [7, 11) is 0. The van der Waals surface area contributed by atoms with E-state index in [1.807, 2.05) is 0 Å². The van der Waals surface area contributed by atoms with E-state index in [-0.39, 0.29) is 0 Å². The molecule has 16 heavy (non-hydrogen) atoms. The Morgan fingerprint density at radius 3 is 1.62 bits per heavy atom. The summed E-state index contributed by atoms with van der Waals surface area (Å²) in [6, 6.07) is 8.77. The first kappa shape index (κ1) is 9.65. The van der Waals surface area contributed by atoms with Crippen molar-refractivity contribution in [2.75, 3.05) is 0 Å². The molecule has 0 N–H and O–H groups in total. The van der Waals surface area contributed by atoms with Gasteiger partial charge in [0.25, 0.3) is 0 Å². The van der Waals surface area contributed by atoms with Gasteiger partial charge in [-0.3, -0.25) is 0 Å². The zero-order valence-corrected chi connectivity index (χ0v) is 9.77. The van der Waals surface area contributed by atoms with E-state index in [4.69, 9.17) is 0 Å². The van der Waals surface area contributed by atoms with Crippen LogP contribution in [0.1, 0.15) is 13.8 Å². The van der Waals surface area contributed by atoms with Crippen LogP contribution in [0, 0.1) is 11.8 Å². The summed E-state index contributed by atoms with van der Waals surface area (Å²) < 4.78 is 0. The molecule has 0 aromatic heterocycles. The summed E-state index contributed by atoms with van der Waals surface area (Å²) in [6.45, 7) is 4.54. The van der Waals surface area contributed by atoms with Crippen LogP contribution in [-0.2, 0) is 0 Å². The molecule has 0 spiro atoms. The van der Waals surface area contributed by atoms with E-state index in [2.05, 4.69) is 62.4 Å². The van der Waals surface area contributed by atoms with Crippen molar-refractivity contribution in [3.8, 4) is 0 Å². The maximum Gasteiger partial charge on any atom is 0.00869 e. The third-order valence-corrected chi connectivity index (χ3v) is 3.91. The molecule has 0 fully saturated rings. The van der Waals surface area contributed by atoms with Gasteiger partial charge >= 0.3 is 0 Å². The van der Waals surface area contributed by atoms with Crippen molar-refractivity contribution in [3.05, 3.63) is 59.0 Å². The molecular weight excluding hydrogens is 192 g/mol. The number of fused-ring (bicyclic) bond motifs is 2. The fourth-order valence-electron chi connectivity index (χ4n) is 2.96. The molecule has 0 heteroatoms. The molecule has 3 rings (SSSR count). The lowest BCUT2D eigenvalue weighted by Crippen LogP contribution is -2.38. The molecule has 1 aromatic rings. The van der Waals surface area contributed by atoms with Gasteiger partial charge in [-0.05, 0) is 24.3 Å². The molecule has 1 aromatic carbocycles. The fourth-order valence-corrected chi connectivity index (χ4v) is 2.96. The Balaban J connectivity index is 2.41. The molecule has 80 valence electrons. The van der Waals surface area contributed by atoms with E-state index in [0.29, 0.717) is 11.8 Å². The number of hydrogen-bond acceptors (Lipinski definition) is 0. The summed E-state index contributed by atoms with van der Waals surface area (Å²) in [5.74, 6) is 1.14. The van der Waals surface area contributed by atoms with Crippen molar-refractivity contribution < 1.29 is 0 Å². The van der Waals surface area contributed by atoms with E-state index in [1.54, 1.807) is 0 Å². The molecule has 0 heterocycles. The number of benzene rings is 1. The quantitative estimate of drug-likeness (QED) is 0.614. The third kappa shape index (κ3) is 1.23. The summed E-state index contributed by atoms with van der Waals surface area (Å²) in [6.07, 6.45) is 9.01. The van der Waals surface area contributed by atoms with E-state index in [9.17, 15) is 0 Å². The van der Waals surface area contributed by atoms with Crippen LogP contribution in [0.3, 0.4) is 0 Å². The van der Waals surface area contributed by atoms with Crippen LogP contribution < -0.4 is 10.4 Å². The Morgan fingerprint density at radius 2 is 1.19 bits per heavy atom. The van der Waals surface area contributed by atoms with Crippen molar-refractivity contribution in [2.24, 2.45) is 11.8 Å². The van der Waals surface area contributed by atoms with Gasteiger partial charge in [0.1, 0.15) is 0 Å². The van der Waals surface area contributed by atoms with E-state index >= 15 is 0 Å². The van der Waals surface area contributed by atoms with Crippen LogP contribution in [0.4, 0.5) is 0 Å². The second-order valence-corrected chi connectivity index (χ2v) is 4.73. The monoisotopic (exact) mass is 208 g/mol. The van der Waals surface area contributed by atoms with Crippen molar-refractivity contribution in [1.82, 2.24) is 0 Å². The van der Waals surface area contributed by atoms with Crippen molar-refractivity contribution in [2.45, 2.75) is 13.8 Å². The lowest BCUT2D eigenvalue weighted by atomic mass is 9.75. The topological polar surface area (TPSA) is 0 Å². The normalized spacial score (nSPS) is 26.6. The average molecular weight is 208 g/mol. The highest BCUT2D eigenvalue weighted by Crippen LogP contribution is 2.33.